The third-order valence-electron chi connectivity index (χ3n) is 3.68. The molecule has 132 valence electrons. The van der Waals surface area contributed by atoms with Crippen molar-refractivity contribution in [1.82, 2.24) is 14.9 Å². The lowest BCUT2D eigenvalue weighted by Crippen LogP contribution is -2.27. The summed E-state index contributed by atoms with van der Waals surface area (Å²) in [5.41, 5.74) is 1.90. The third-order valence-corrected chi connectivity index (χ3v) is 4.50. The normalized spacial score (nSPS) is 10.4. The van der Waals surface area contributed by atoms with E-state index >= 15 is 0 Å². The maximum Gasteiger partial charge on any atom is 0.272 e. The minimum Gasteiger partial charge on any atom is -0.336 e. The molecule has 1 aromatic heterocycles. The van der Waals surface area contributed by atoms with E-state index < -0.39 is 0 Å². The fourth-order valence-electron chi connectivity index (χ4n) is 2.38. The van der Waals surface area contributed by atoms with Crippen LogP contribution in [0.2, 0.25) is 10.0 Å². The lowest BCUT2D eigenvalue weighted by atomic mass is 10.2. The molecule has 0 aliphatic carbocycles. The smallest absolute Gasteiger partial charge is 0.272 e. The standard InChI is InChI=1S/C19H16Cl2N4O/c1-25(12-13-6-3-2-4-7-13)18(26)16-10-11-22-19(24-16)23-15-9-5-8-14(20)17(15)21/h2-11H,12H2,1H3,(H,22,23,24). The van der Waals surface area contributed by atoms with Gasteiger partial charge in [-0.1, -0.05) is 59.6 Å². The number of carbonyl (C=O) groups is 1. The van der Waals surface area contributed by atoms with Crippen LogP contribution in [0.25, 0.3) is 0 Å². The number of halogens is 2. The Morgan fingerprint density at radius 2 is 1.85 bits per heavy atom. The fraction of sp³-hybridized carbons (Fsp3) is 0.105. The van der Waals surface area contributed by atoms with Crippen LogP contribution < -0.4 is 5.32 Å². The highest BCUT2D eigenvalue weighted by Gasteiger charge is 2.15. The average Bonchev–Trinajstić information content (AvgIpc) is 2.66. The quantitative estimate of drug-likeness (QED) is 0.683. The summed E-state index contributed by atoms with van der Waals surface area (Å²) in [5.74, 6) is 0.0737. The van der Waals surface area contributed by atoms with Crippen molar-refractivity contribution in [2.75, 3.05) is 12.4 Å². The van der Waals surface area contributed by atoms with Crippen molar-refractivity contribution in [3.8, 4) is 0 Å². The summed E-state index contributed by atoms with van der Waals surface area (Å²) in [6, 6.07) is 16.5. The van der Waals surface area contributed by atoms with Gasteiger partial charge in [0.2, 0.25) is 5.95 Å². The highest BCUT2D eigenvalue weighted by Crippen LogP contribution is 2.30. The van der Waals surface area contributed by atoms with Crippen LogP contribution in [0.3, 0.4) is 0 Å². The lowest BCUT2D eigenvalue weighted by Gasteiger charge is -2.17. The van der Waals surface area contributed by atoms with Gasteiger partial charge in [-0.15, -0.1) is 0 Å². The van der Waals surface area contributed by atoms with Gasteiger partial charge in [0.25, 0.3) is 5.91 Å². The number of nitrogens with one attached hydrogen (secondary N) is 1. The number of amides is 1. The first-order valence-electron chi connectivity index (χ1n) is 7.88. The predicted octanol–water partition coefficient (Wildman–Crippen LogP) is 4.80. The first kappa shape index (κ1) is 18.2. The average molecular weight is 387 g/mol. The van der Waals surface area contributed by atoms with Gasteiger partial charge < -0.3 is 10.2 Å². The number of benzene rings is 2. The molecule has 0 bridgehead atoms. The molecular weight excluding hydrogens is 371 g/mol. The Hall–Kier alpha value is -2.63. The monoisotopic (exact) mass is 386 g/mol. The Kier molecular flexibility index (Phi) is 5.71. The van der Waals surface area contributed by atoms with Gasteiger partial charge in [0, 0.05) is 19.8 Å². The number of nitrogens with zero attached hydrogens (tertiary/aromatic N) is 3. The summed E-state index contributed by atoms with van der Waals surface area (Å²) >= 11 is 12.2. The number of rotatable bonds is 5. The Bertz CT molecular complexity index is 918. The van der Waals surface area contributed by atoms with E-state index in [9.17, 15) is 4.79 Å². The zero-order valence-corrected chi connectivity index (χ0v) is 15.5. The van der Waals surface area contributed by atoms with E-state index in [2.05, 4.69) is 15.3 Å². The number of hydrogen-bond donors (Lipinski definition) is 1. The Labute approximate surface area is 161 Å². The summed E-state index contributed by atoms with van der Waals surface area (Å²) in [7, 11) is 1.73. The van der Waals surface area contributed by atoms with Crippen molar-refractivity contribution < 1.29 is 4.79 Å². The molecule has 5 nitrogen and oxygen atoms in total. The number of hydrogen-bond acceptors (Lipinski definition) is 4. The van der Waals surface area contributed by atoms with E-state index in [1.165, 1.54) is 6.20 Å². The van der Waals surface area contributed by atoms with Gasteiger partial charge in [-0.05, 0) is 23.8 Å². The maximum atomic E-state index is 12.6. The van der Waals surface area contributed by atoms with Crippen LogP contribution in [-0.4, -0.2) is 27.8 Å². The van der Waals surface area contributed by atoms with Gasteiger partial charge in [-0.25, -0.2) is 9.97 Å². The van der Waals surface area contributed by atoms with Crippen LogP contribution in [-0.2, 0) is 6.54 Å². The van der Waals surface area contributed by atoms with Gasteiger partial charge in [-0.2, -0.15) is 0 Å². The minimum atomic E-state index is -0.198. The summed E-state index contributed by atoms with van der Waals surface area (Å²) in [5, 5.41) is 3.78. The molecule has 0 unspecified atom stereocenters. The van der Waals surface area contributed by atoms with Gasteiger partial charge in [0.1, 0.15) is 5.69 Å². The molecule has 1 amide bonds. The lowest BCUT2D eigenvalue weighted by molar-refractivity contribution is 0.0779. The summed E-state index contributed by atoms with van der Waals surface area (Å²) in [4.78, 5) is 22.7. The van der Waals surface area contributed by atoms with Crippen molar-refractivity contribution in [3.63, 3.8) is 0 Å². The first-order chi connectivity index (χ1) is 12.5. The fourth-order valence-corrected chi connectivity index (χ4v) is 2.73. The second-order valence-electron chi connectivity index (χ2n) is 5.64. The van der Waals surface area contributed by atoms with Crippen LogP contribution >= 0.6 is 23.2 Å². The van der Waals surface area contributed by atoms with E-state index in [1.54, 1.807) is 36.2 Å². The SMILES string of the molecule is CN(Cc1ccccc1)C(=O)c1ccnc(Nc2cccc(Cl)c2Cl)n1. The molecule has 0 saturated heterocycles. The van der Waals surface area contributed by atoms with Crippen LogP contribution in [0.4, 0.5) is 11.6 Å². The molecule has 0 saturated carbocycles. The van der Waals surface area contributed by atoms with E-state index in [-0.39, 0.29) is 11.9 Å². The molecule has 3 rings (SSSR count). The molecule has 7 heteroatoms. The highest BCUT2D eigenvalue weighted by atomic mass is 35.5. The molecular formula is C19H16Cl2N4O. The van der Waals surface area contributed by atoms with Crippen LogP contribution in [0.15, 0.2) is 60.8 Å². The van der Waals surface area contributed by atoms with Crippen molar-refractivity contribution in [2.24, 2.45) is 0 Å². The molecule has 2 aromatic carbocycles. The van der Waals surface area contributed by atoms with Crippen LogP contribution in [0.5, 0.6) is 0 Å². The second-order valence-corrected chi connectivity index (χ2v) is 6.42. The summed E-state index contributed by atoms with van der Waals surface area (Å²) in [6.07, 6.45) is 1.53. The van der Waals surface area contributed by atoms with Crippen molar-refractivity contribution >= 4 is 40.7 Å². The van der Waals surface area contributed by atoms with Gasteiger partial charge in [0.05, 0.1) is 15.7 Å². The molecule has 26 heavy (non-hydrogen) atoms. The maximum absolute atomic E-state index is 12.6. The molecule has 0 aliphatic rings. The van der Waals surface area contributed by atoms with E-state index in [0.717, 1.165) is 5.56 Å². The molecule has 3 aromatic rings. The molecule has 1 N–H and O–H groups in total. The topological polar surface area (TPSA) is 58.1 Å². The van der Waals surface area contributed by atoms with Crippen LogP contribution in [0.1, 0.15) is 16.1 Å². The number of carbonyl (C=O) groups excluding carboxylic acids is 1. The van der Waals surface area contributed by atoms with Gasteiger partial charge in [-0.3, -0.25) is 4.79 Å². The molecule has 0 fully saturated rings. The minimum absolute atomic E-state index is 0.198. The van der Waals surface area contributed by atoms with E-state index in [4.69, 9.17) is 23.2 Å². The predicted molar refractivity (Wildman–Crippen MR) is 104 cm³/mol. The molecule has 0 atom stereocenters. The van der Waals surface area contributed by atoms with Crippen molar-refractivity contribution in [3.05, 3.63) is 82.1 Å². The van der Waals surface area contributed by atoms with E-state index in [0.29, 0.717) is 28.0 Å². The van der Waals surface area contributed by atoms with Gasteiger partial charge >= 0.3 is 0 Å². The largest absolute Gasteiger partial charge is 0.336 e. The Morgan fingerprint density at radius 3 is 2.62 bits per heavy atom. The summed E-state index contributed by atoms with van der Waals surface area (Å²) in [6.45, 7) is 0.493. The van der Waals surface area contributed by atoms with Gasteiger partial charge in [0.15, 0.2) is 0 Å². The Balaban J connectivity index is 1.76. The number of aromatic nitrogens is 2. The zero-order chi connectivity index (χ0) is 18.5. The van der Waals surface area contributed by atoms with Crippen molar-refractivity contribution in [1.29, 1.82) is 0 Å². The van der Waals surface area contributed by atoms with Crippen LogP contribution in [0, 0.1) is 0 Å². The van der Waals surface area contributed by atoms with E-state index in [1.807, 2.05) is 30.3 Å². The molecule has 1 heterocycles. The molecule has 0 radical (unpaired) electrons. The molecule has 0 aliphatic heterocycles. The highest BCUT2D eigenvalue weighted by molar-refractivity contribution is 6.43. The summed E-state index contributed by atoms with van der Waals surface area (Å²) < 4.78 is 0. The zero-order valence-electron chi connectivity index (χ0n) is 14.0. The third kappa shape index (κ3) is 4.31. The van der Waals surface area contributed by atoms with Crippen molar-refractivity contribution in [2.45, 2.75) is 6.54 Å². The first-order valence-corrected chi connectivity index (χ1v) is 8.63. The Morgan fingerprint density at radius 1 is 1.08 bits per heavy atom. The molecule has 0 spiro atoms. The second kappa shape index (κ2) is 8.17. The number of anilines is 2.